The van der Waals surface area contributed by atoms with Crippen molar-refractivity contribution in [1.29, 1.82) is 0 Å². The molecule has 7 aromatic rings. The predicted molar refractivity (Wildman–Crippen MR) is 166 cm³/mol. The van der Waals surface area contributed by atoms with Crippen LogP contribution in [0.5, 0.6) is 0 Å². The van der Waals surface area contributed by atoms with Gasteiger partial charge in [0.25, 0.3) is 0 Å². The highest BCUT2D eigenvalue weighted by molar-refractivity contribution is 6.03. The molecule has 0 fully saturated rings. The summed E-state index contributed by atoms with van der Waals surface area (Å²) in [7, 11) is 0. The summed E-state index contributed by atoms with van der Waals surface area (Å²) in [4.78, 5) is 7.35. The first-order valence-corrected chi connectivity index (χ1v) is 13.2. The highest BCUT2D eigenvalue weighted by Crippen LogP contribution is 2.48. The maximum absolute atomic E-state index is 8.31. The maximum atomic E-state index is 8.31. The summed E-state index contributed by atoms with van der Waals surface area (Å²) in [5.41, 5.74) is 9.99. The van der Waals surface area contributed by atoms with Crippen LogP contribution in [0.4, 0.5) is 17.1 Å². The standard InChI is InChI=1S/C37H25N3/c1-3-10-26(11-4-1)27-18-20-28(21-19-27)29-22-24-31(25-23-29)39-33-15-7-8-16-34(33)40-36-32(14-9-17-35(36)39)38-37(40)30-12-5-2-6-13-30/h1-25H/i1D,3D,4D,10D,11D. The number of hydrogen-bond donors (Lipinski definition) is 0. The van der Waals surface area contributed by atoms with Crippen molar-refractivity contribution in [1.82, 2.24) is 9.55 Å². The Morgan fingerprint density at radius 3 is 1.80 bits per heavy atom. The Kier molecular flexibility index (Phi) is 4.09. The lowest BCUT2D eigenvalue weighted by atomic mass is 10.00. The Balaban J connectivity index is 1.19. The molecule has 1 aromatic heterocycles. The Bertz CT molecular complexity index is 2230. The summed E-state index contributed by atoms with van der Waals surface area (Å²) in [5, 5.41) is 0. The first-order chi connectivity index (χ1) is 21.9. The van der Waals surface area contributed by atoms with Gasteiger partial charge in [0.1, 0.15) is 5.82 Å². The number of imidazole rings is 1. The van der Waals surface area contributed by atoms with Gasteiger partial charge in [-0.15, -0.1) is 0 Å². The van der Waals surface area contributed by atoms with E-state index in [0.29, 0.717) is 5.56 Å². The molecule has 0 bridgehead atoms. The number of benzene rings is 6. The van der Waals surface area contributed by atoms with Crippen LogP contribution in [0.25, 0.3) is 50.4 Å². The van der Waals surface area contributed by atoms with Crippen LogP contribution < -0.4 is 4.90 Å². The molecule has 8 rings (SSSR count). The lowest BCUT2D eigenvalue weighted by Gasteiger charge is -2.33. The molecule has 0 N–H and O–H groups in total. The molecular formula is C37H25N3. The molecule has 6 aromatic carbocycles. The monoisotopic (exact) mass is 516 g/mol. The van der Waals surface area contributed by atoms with Crippen molar-refractivity contribution in [3.05, 3.63) is 152 Å². The smallest absolute Gasteiger partial charge is 0.145 e. The van der Waals surface area contributed by atoms with E-state index in [2.05, 4.69) is 88.3 Å². The van der Waals surface area contributed by atoms with Crippen LogP contribution in [0.3, 0.4) is 0 Å². The summed E-state index contributed by atoms with van der Waals surface area (Å²) >= 11 is 0. The van der Waals surface area contributed by atoms with Crippen molar-refractivity contribution >= 4 is 28.1 Å². The van der Waals surface area contributed by atoms with Crippen molar-refractivity contribution < 1.29 is 6.85 Å². The second kappa shape index (κ2) is 9.11. The van der Waals surface area contributed by atoms with Crippen LogP contribution in [0.2, 0.25) is 0 Å². The quantitative estimate of drug-likeness (QED) is 0.232. The van der Waals surface area contributed by atoms with Crippen molar-refractivity contribution in [3.63, 3.8) is 0 Å². The summed E-state index contributed by atoms with van der Waals surface area (Å²) in [5.74, 6) is 0.910. The zero-order valence-corrected chi connectivity index (χ0v) is 21.4. The van der Waals surface area contributed by atoms with Crippen molar-refractivity contribution in [3.8, 4) is 39.3 Å². The Morgan fingerprint density at radius 1 is 0.475 bits per heavy atom. The minimum absolute atomic E-state index is 0.202. The highest BCUT2D eigenvalue weighted by Gasteiger charge is 2.29. The molecule has 188 valence electrons. The summed E-state index contributed by atoms with van der Waals surface area (Å²) < 4.78 is 42.8. The zero-order valence-electron chi connectivity index (χ0n) is 26.4. The number of nitrogens with zero attached hydrogens (tertiary/aromatic N) is 3. The van der Waals surface area contributed by atoms with E-state index in [1.807, 2.05) is 42.5 Å². The third-order valence-electron chi connectivity index (χ3n) is 7.42. The first kappa shape index (κ1) is 18.0. The molecule has 0 radical (unpaired) electrons. The number of hydrogen-bond acceptors (Lipinski definition) is 2. The molecule has 0 spiro atoms. The van der Waals surface area contributed by atoms with E-state index in [9.17, 15) is 0 Å². The van der Waals surface area contributed by atoms with Crippen LogP contribution in [-0.2, 0) is 0 Å². The maximum Gasteiger partial charge on any atom is 0.145 e. The van der Waals surface area contributed by atoms with Crippen LogP contribution in [0.1, 0.15) is 6.85 Å². The topological polar surface area (TPSA) is 21.1 Å². The Hall–Kier alpha value is -5.41. The van der Waals surface area contributed by atoms with Crippen molar-refractivity contribution in [2.75, 3.05) is 4.90 Å². The van der Waals surface area contributed by atoms with Gasteiger partial charge >= 0.3 is 0 Å². The van der Waals surface area contributed by atoms with Crippen LogP contribution in [0.15, 0.2) is 152 Å². The fraction of sp³-hybridized carbons (Fsp3) is 0. The van der Waals surface area contributed by atoms with Gasteiger partial charge in [-0.05, 0) is 58.7 Å². The van der Waals surface area contributed by atoms with Gasteiger partial charge in [0.15, 0.2) is 0 Å². The van der Waals surface area contributed by atoms with Gasteiger partial charge < -0.3 is 4.90 Å². The van der Waals surface area contributed by atoms with Crippen molar-refractivity contribution in [2.45, 2.75) is 0 Å². The fourth-order valence-corrected chi connectivity index (χ4v) is 5.58. The van der Waals surface area contributed by atoms with Gasteiger partial charge in [-0.3, -0.25) is 4.57 Å². The lowest BCUT2D eigenvalue weighted by molar-refractivity contribution is 1.06. The number of fused-ring (bicyclic) bond motifs is 2. The average molecular weight is 517 g/mol. The first-order valence-electron chi connectivity index (χ1n) is 15.7. The van der Waals surface area contributed by atoms with Crippen LogP contribution in [0, 0.1) is 0 Å². The number of para-hydroxylation sites is 3. The SMILES string of the molecule is [2H]c1c([2H])c([2H])c(-c2ccc(-c3ccc(N4c5ccccc5-n5c(-c6ccccc6)nc6cccc4c65)cc3)cc2)c([2H])c1[2H]. The van der Waals surface area contributed by atoms with E-state index < -0.39 is 0 Å². The van der Waals surface area contributed by atoms with Gasteiger partial charge in [-0.25, -0.2) is 4.98 Å². The molecule has 40 heavy (non-hydrogen) atoms. The molecule has 0 aliphatic carbocycles. The molecule has 1 aliphatic rings. The Labute approximate surface area is 240 Å². The zero-order chi connectivity index (χ0) is 30.8. The molecule has 0 saturated carbocycles. The van der Waals surface area contributed by atoms with Crippen LogP contribution >= 0.6 is 0 Å². The average Bonchev–Trinajstić information content (AvgIpc) is 3.49. The van der Waals surface area contributed by atoms with Crippen molar-refractivity contribution in [2.24, 2.45) is 0 Å². The van der Waals surface area contributed by atoms with E-state index in [1.54, 1.807) is 0 Å². The van der Waals surface area contributed by atoms with Gasteiger partial charge in [0.05, 0.1) is 34.9 Å². The van der Waals surface area contributed by atoms with E-state index >= 15 is 0 Å². The second-order valence-electron chi connectivity index (χ2n) is 9.73. The number of rotatable bonds is 4. The van der Waals surface area contributed by atoms with Gasteiger partial charge in [-0.2, -0.15) is 0 Å². The lowest BCUT2D eigenvalue weighted by Crippen LogP contribution is -2.18. The van der Waals surface area contributed by atoms with E-state index in [0.717, 1.165) is 56.3 Å². The largest absolute Gasteiger partial charge is 0.306 e. The summed E-state index contributed by atoms with van der Waals surface area (Å²) in [6, 6.07) is 39.3. The molecule has 0 atom stereocenters. The molecule has 0 saturated heterocycles. The van der Waals surface area contributed by atoms with E-state index in [4.69, 9.17) is 11.8 Å². The molecule has 0 amide bonds. The molecule has 2 heterocycles. The summed E-state index contributed by atoms with van der Waals surface area (Å²) in [6.07, 6.45) is 0. The number of anilines is 3. The molecular weight excluding hydrogens is 486 g/mol. The molecule has 1 aliphatic heterocycles. The molecule has 3 nitrogen and oxygen atoms in total. The van der Waals surface area contributed by atoms with Gasteiger partial charge in [0.2, 0.25) is 0 Å². The van der Waals surface area contributed by atoms with E-state index in [1.165, 1.54) is 0 Å². The number of aromatic nitrogens is 2. The minimum Gasteiger partial charge on any atom is -0.306 e. The fourth-order valence-electron chi connectivity index (χ4n) is 5.58. The third kappa shape index (κ3) is 3.56. The van der Waals surface area contributed by atoms with E-state index in [-0.39, 0.29) is 35.8 Å². The second-order valence-corrected chi connectivity index (χ2v) is 9.73. The van der Waals surface area contributed by atoms with Gasteiger partial charge in [-0.1, -0.05) is 115 Å². The normalized spacial score (nSPS) is 13.7. The third-order valence-corrected chi connectivity index (χ3v) is 7.42. The predicted octanol–water partition coefficient (Wildman–Crippen LogP) is 9.81. The highest BCUT2D eigenvalue weighted by atomic mass is 15.2. The molecule has 0 unspecified atom stereocenters. The summed E-state index contributed by atoms with van der Waals surface area (Å²) in [6.45, 7) is 0. The Morgan fingerprint density at radius 2 is 1.07 bits per heavy atom. The van der Waals surface area contributed by atoms with Gasteiger partial charge in [0, 0.05) is 11.3 Å². The molecule has 3 heteroatoms. The minimum atomic E-state index is -0.390. The van der Waals surface area contributed by atoms with Crippen LogP contribution in [-0.4, -0.2) is 9.55 Å².